The van der Waals surface area contributed by atoms with Crippen LogP contribution in [-0.2, 0) is 13.0 Å². The summed E-state index contributed by atoms with van der Waals surface area (Å²) in [5.74, 6) is 0. The molecule has 0 aliphatic carbocycles. The molecule has 1 aromatic carbocycles. The second-order valence-corrected chi connectivity index (χ2v) is 5.44. The van der Waals surface area contributed by atoms with Gasteiger partial charge in [-0.1, -0.05) is 41.9 Å². The molecule has 0 bridgehead atoms. The van der Waals surface area contributed by atoms with Gasteiger partial charge in [0.2, 0.25) is 0 Å². The summed E-state index contributed by atoms with van der Waals surface area (Å²) in [7, 11) is 0. The van der Waals surface area contributed by atoms with Gasteiger partial charge in [0.15, 0.2) is 5.15 Å². The molecule has 2 rings (SSSR count). The maximum atomic E-state index is 11.8. The van der Waals surface area contributed by atoms with Gasteiger partial charge < -0.3 is 0 Å². The van der Waals surface area contributed by atoms with E-state index in [1.165, 1.54) is 11.9 Å². The van der Waals surface area contributed by atoms with Crippen molar-refractivity contribution in [3.63, 3.8) is 0 Å². The summed E-state index contributed by atoms with van der Waals surface area (Å²) in [6.07, 6.45) is 4.50. The van der Waals surface area contributed by atoms with Crippen molar-refractivity contribution in [2.24, 2.45) is 0 Å². The first kappa shape index (κ1) is 14.3. The lowest BCUT2D eigenvalue weighted by molar-refractivity contribution is 0.583. The molecule has 2 aromatic rings. The van der Waals surface area contributed by atoms with Crippen LogP contribution in [-0.4, -0.2) is 9.55 Å². The van der Waals surface area contributed by atoms with Crippen LogP contribution >= 0.6 is 27.5 Å². The van der Waals surface area contributed by atoms with E-state index in [0.29, 0.717) is 11.0 Å². The third-order valence-electron chi connectivity index (χ3n) is 2.90. The zero-order valence-electron chi connectivity index (χ0n) is 10.4. The van der Waals surface area contributed by atoms with Crippen molar-refractivity contribution in [3.8, 4) is 0 Å². The third-order valence-corrected chi connectivity index (χ3v) is 4.13. The maximum Gasteiger partial charge on any atom is 0.269 e. The second kappa shape index (κ2) is 6.87. The minimum absolute atomic E-state index is 0.125. The normalized spacial score (nSPS) is 10.6. The van der Waals surface area contributed by atoms with Crippen LogP contribution in [0.5, 0.6) is 0 Å². The van der Waals surface area contributed by atoms with Gasteiger partial charge in [0.25, 0.3) is 5.56 Å². The molecule has 0 radical (unpaired) electrons. The highest BCUT2D eigenvalue weighted by Gasteiger charge is 2.06. The molecular formula is C14H14BrClN2O. The van der Waals surface area contributed by atoms with E-state index < -0.39 is 0 Å². The number of hydrogen-bond donors (Lipinski definition) is 0. The maximum absolute atomic E-state index is 11.8. The van der Waals surface area contributed by atoms with Gasteiger partial charge in [0, 0.05) is 6.54 Å². The Labute approximate surface area is 125 Å². The number of halogens is 2. The van der Waals surface area contributed by atoms with E-state index in [9.17, 15) is 4.79 Å². The highest BCUT2D eigenvalue weighted by molar-refractivity contribution is 9.10. The van der Waals surface area contributed by atoms with Crippen LogP contribution in [0.1, 0.15) is 18.4 Å². The standard InChI is InChI=1S/C14H14BrClN2O/c15-12-13(16)17-10-18(14(12)19)9-5-4-8-11-6-2-1-3-7-11/h1-3,6-7,10H,4-5,8-9H2. The van der Waals surface area contributed by atoms with E-state index in [1.807, 2.05) is 18.2 Å². The van der Waals surface area contributed by atoms with E-state index in [2.05, 4.69) is 33.0 Å². The average Bonchev–Trinajstić information content (AvgIpc) is 2.44. The topological polar surface area (TPSA) is 34.9 Å². The number of unbranched alkanes of at least 4 members (excludes halogenated alkanes) is 1. The quantitative estimate of drug-likeness (QED) is 0.614. The second-order valence-electron chi connectivity index (χ2n) is 4.29. The summed E-state index contributed by atoms with van der Waals surface area (Å²) < 4.78 is 1.92. The smallest absolute Gasteiger partial charge is 0.269 e. The fraction of sp³-hybridized carbons (Fsp3) is 0.286. The number of aromatic nitrogens is 2. The highest BCUT2D eigenvalue weighted by atomic mass is 79.9. The number of rotatable bonds is 5. The number of benzene rings is 1. The minimum atomic E-state index is -0.125. The Balaban J connectivity index is 1.87. The van der Waals surface area contributed by atoms with Gasteiger partial charge in [-0.25, -0.2) is 4.98 Å². The Morgan fingerprint density at radius 2 is 1.95 bits per heavy atom. The van der Waals surface area contributed by atoms with Crippen LogP contribution in [0.4, 0.5) is 0 Å². The molecule has 1 aromatic heterocycles. The molecular weight excluding hydrogens is 328 g/mol. The Bertz CT molecular complexity index is 598. The molecule has 0 unspecified atom stereocenters. The van der Waals surface area contributed by atoms with E-state index in [-0.39, 0.29) is 10.7 Å². The minimum Gasteiger partial charge on any atom is -0.298 e. The lowest BCUT2D eigenvalue weighted by atomic mass is 10.1. The molecule has 0 spiro atoms. The molecule has 0 aliphatic heterocycles. The fourth-order valence-corrected chi connectivity index (χ4v) is 2.31. The van der Waals surface area contributed by atoms with Gasteiger partial charge in [-0.15, -0.1) is 0 Å². The van der Waals surface area contributed by atoms with Crippen molar-refractivity contribution in [3.05, 3.63) is 62.2 Å². The summed E-state index contributed by atoms with van der Waals surface area (Å²) >= 11 is 8.90. The third kappa shape index (κ3) is 3.91. The Kier molecular flexibility index (Phi) is 5.16. The molecule has 3 nitrogen and oxygen atoms in total. The van der Waals surface area contributed by atoms with E-state index in [0.717, 1.165) is 19.3 Å². The number of nitrogens with zero attached hydrogens (tertiary/aromatic N) is 2. The molecule has 100 valence electrons. The number of hydrogen-bond acceptors (Lipinski definition) is 2. The van der Waals surface area contributed by atoms with Crippen LogP contribution in [0.15, 0.2) is 45.9 Å². The van der Waals surface area contributed by atoms with Gasteiger partial charge in [-0.3, -0.25) is 9.36 Å². The summed E-state index contributed by atoms with van der Waals surface area (Å²) in [6.45, 7) is 0.661. The van der Waals surface area contributed by atoms with Crippen LogP contribution < -0.4 is 5.56 Å². The zero-order chi connectivity index (χ0) is 13.7. The Morgan fingerprint density at radius 1 is 1.21 bits per heavy atom. The highest BCUT2D eigenvalue weighted by Crippen LogP contribution is 2.14. The van der Waals surface area contributed by atoms with Gasteiger partial charge in [-0.2, -0.15) is 0 Å². The van der Waals surface area contributed by atoms with E-state index >= 15 is 0 Å². The monoisotopic (exact) mass is 340 g/mol. The molecule has 5 heteroatoms. The van der Waals surface area contributed by atoms with E-state index in [4.69, 9.17) is 11.6 Å². The molecule has 0 fully saturated rings. The summed E-state index contributed by atoms with van der Waals surface area (Å²) in [5, 5.41) is 0.213. The first-order valence-corrected chi connectivity index (χ1v) is 7.30. The molecule has 1 heterocycles. The van der Waals surface area contributed by atoms with Crippen LogP contribution in [0.3, 0.4) is 0 Å². The van der Waals surface area contributed by atoms with Crippen LogP contribution in [0.25, 0.3) is 0 Å². The van der Waals surface area contributed by atoms with Crippen molar-refractivity contribution >= 4 is 27.5 Å². The molecule has 0 N–H and O–H groups in total. The summed E-state index contributed by atoms with van der Waals surface area (Å²) in [4.78, 5) is 15.8. The van der Waals surface area contributed by atoms with Crippen molar-refractivity contribution in [1.29, 1.82) is 0 Å². The SMILES string of the molecule is O=c1c(Br)c(Cl)ncn1CCCCc1ccccc1. The first-order valence-electron chi connectivity index (χ1n) is 6.13. The van der Waals surface area contributed by atoms with Gasteiger partial charge in [0.1, 0.15) is 4.47 Å². The summed E-state index contributed by atoms with van der Waals surface area (Å²) in [5.41, 5.74) is 1.20. The van der Waals surface area contributed by atoms with Crippen LogP contribution in [0, 0.1) is 0 Å². The lowest BCUT2D eigenvalue weighted by Crippen LogP contribution is -2.21. The van der Waals surface area contributed by atoms with Crippen molar-refractivity contribution in [2.75, 3.05) is 0 Å². The fourth-order valence-electron chi connectivity index (χ4n) is 1.86. The van der Waals surface area contributed by atoms with Crippen molar-refractivity contribution in [1.82, 2.24) is 9.55 Å². The van der Waals surface area contributed by atoms with Gasteiger partial charge in [-0.05, 0) is 40.8 Å². The molecule has 0 amide bonds. The predicted octanol–water partition coefficient (Wildman–Crippen LogP) is 3.68. The van der Waals surface area contributed by atoms with Gasteiger partial charge >= 0.3 is 0 Å². The summed E-state index contributed by atoms with van der Waals surface area (Å²) in [6, 6.07) is 10.3. The molecule has 0 atom stereocenters. The molecule has 0 saturated heterocycles. The molecule has 19 heavy (non-hydrogen) atoms. The van der Waals surface area contributed by atoms with Crippen molar-refractivity contribution in [2.45, 2.75) is 25.8 Å². The Hall–Kier alpha value is -1.13. The van der Waals surface area contributed by atoms with Crippen LogP contribution in [0.2, 0.25) is 5.15 Å². The average molecular weight is 342 g/mol. The van der Waals surface area contributed by atoms with Crippen molar-refractivity contribution < 1.29 is 0 Å². The number of aryl methyl sites for hydroxylation is 2. The molecule has 0 aliphatic rings. The lowest BCUT2D eigenvalue weighted by Gasteiger charge is -2.06. The van der Waals surface area contributed by atoms with Gasteiger partial charge in [0.05, 0.1) is 6.33 Å². The zero-order valence-corrected chi connectivity index (χ0v) is 12.7. The predicted molar refractivity (Wildman–Crippen MR) is 80.6 cm³/mol. The molecule has 0 saturated carbocycles. The largest absolute Gasteiger partial charge is 0.298 e. The van der Waals surface area contributed by atoms with E-state index in [1.54, 1.807) is 4.57 Å². The Morgan fingerprint density at radius 3 is 2.68 bits per heavy atom. The first-order chi connectivity index (χ1) is 9.18.